The fourth-order valence-electron chi connectivity index (χ4n) is 2.88. The predicted molar refractivity (Wildman–Crippen MR) is 92.0 cm³/mol. The van der Waals surface area contributed by atoms with Crippen LogP contribution in [-0.2, 0) is 4.74 Å². The summed E-state index contributed by atoms with van der Waals surface area (Å²) in [6, 6.07) is 7.00. The Labute approximate surface area is 141 Å². The molecule has 0 amide bonds. The van der Waals surface area contributed by atoms with Gasteiger partial charge in [0.1, 0.15) is 0 Å². The molecule has 1 N–H and O–H groups in total. The molecule has 0 bridgehead atoms. The van der Waals surface area contributed by atoms with E-state index in [9.17, 15) is 0 Å². The highest BCUT2D eigenvalue weighted by molar-refractivity contribution is 9.10. The molecule has 1 saturated heterocycles. The van der Waals surface area contributed by atoms with Crippen molar-refractivity contribution in [3.63, 3.8) is 0 Å². The average Bonchev–Trinajstić information content (AvgIpc) is 2.95. The Bertz CT molecular complexity index is 452. The summed E-state index contributed by atoms with van der Waals surface area (Å²) < 4.78 is 6.29. The van der Waals surface area contributed by atoms with Crippen LogP contribution in [0, 0.1) is 0 Å². The maximum atomic E-state index is 6.42. The Hall–Kier alpha value is -0.130. The van der Waals surface area contributed by atoms with Crippen molar-refractivity contribution in [2.24, 2.45) is 0 Å². The monoisotopic (exact) mass is 374 g/mol. The Kier molecular flexibility index (Phi) is 6.96. The number of ether oxygens (including phenoxy) is 1. The van der Waals surface area contributed by atoms with Crippen LogP contribution in [0.15, 0.2) is 22.7 Å². The Morgan fingerprint density at radius 2 is 2.33 bits per heavy atom. The van der Waals surface area contributed by atoms with Gasteiger partial charge in [0.2, 0.25) is 0 Å². The summed E-state index contributed by atoms with van der Waals surface area (Å²) in [6.45, 7) is 6.06. The topological polar surface area (TPSA) is 24.5 Å². The Morgan fingerprint density at radius 3 is 2.95 bits per heavy atom. The smallest absolute Gasteiger partial charge is 0.0589 e. The zero-order valence-corrected chi connectivity index (χ0v) is 15.1. The van der Waals surface area contributed by atoms with Crippen molar-refractivity contribution in [2.75, 3.05) is 33.4 Å². The lowest BCUT2D eigenvalue weighted by molar-refractivity contribution is 0.118. The first-order chi connectivity index (χ1) is 10.1. The molecule has 5 heteroatoms. The van der Waals surface area contributed by atoms with E-state index in [-0.39, 0.29) is 6.04 Å². The van der Waals surface area contributed by atoms with Gasteiger partial charge in [0.15, 0.2) is 0 Å². The first-order valence-corrected chi connectivity index (χ1v) is 8.70. The van der Waals surface area contributed by atoms with Crippen LogP contribution in [0.4, 0.5) is 0 Å². The summed E-state index contributed by atoms with van der Waals surface area (Å²) >= 11 is 9.88. The van der Waals surface area contributed by atoms with Gasteiger partial charge in [-0.1, -0.05) is 33.6 Å². The Morgan fingerprint density at radius 1 is 1.52 bits per heavy atom. The summed E-state index contributed by atoms with van der Waals surface area (Å²) in [5.74, 6) is 0. The summed E-state index contributed by atoms with van der Waals surface area (Å²) in [7, 11) is 1.75. The third-order valence-corrected chi connectivity index (χ3v) is 4.98. The molecule has 2 rings (SSSR count). The van der Waals surface area contributed by atoms with Gasteiger partial charge in [0, 0.05) is 41.8 Å². The largest absolute Gasteiger partial charge is 0.383 e. The molecule has 0 spiro atoms. The van der Waals surface area contributed by atoms with E-state index in [4.69, 9.17) is 16.3 Å². The molecule has 1 aromatic rings. The second kappa shape index (κ2) is 8.49. The highest BCUT2D eigenvalue weighted by Gasteiger charge is 2.23. The number of hydrogen-bond donors (Lipinski definition) is 1. The van der Waals surface area contributed by atoms with Crippen LogP contribution < -0.4 is 5.32 Å². The molecule has 1 heterocycles. The molecule has 0 radical (unpaired) electrons. The molecule has 0 saturated carbocycles. The van der Waals surface area contributed by atoms with Gasteiger partial charge in [0.25, 0.3) is 0 Å². The zero-order valence-electron chi connectivity index (χ0n) is 12.7. The van der Waals surface area contributed by atoms with Crippen molar-refractivity contribution >= 4 is 27.5 Å². The number of nitrogens with one attached hydrogen (secondary N) is 1. The van der Waals surface area contributed by atoms with E-state index in [1.54, 1.807) is 7.11 Å². The molecule has 1 fully saturated rings. The number of rotatable bonds is 7. The van der Waals surface area contributed by atoms with Crippen molar-refractivity contribution in [1.29, 1.82) is 0 Å². The van der Waals surface area contributed by atoms with E-state index < -0.39 is 0 Å². The van der Waals surface area contributed by atoms with Gasteiger partial charge in [-0.05, 0) is 44.0 Å². The van der Waals surface area contributed by atoms with Gasteiger partial charge in [-0.3, -0.25) is 4.90 Å². The van der Waals surface area contributed by atoms with E-state index in [1.807, 2.05) is 6.07 Å². The normalized spacial score (nSPS) is 20.1. The number of nitrogens with zero attached hydrogens (tertiary/aromatic N) is 1. The lowest BCUT2D eigenvalue weighted by Crippen LogP contribution is -2.40. The van der Waals surface area contributed by atoms with Crippen molar-refractivity contribution in [3.05, 3.63) is 33.3 Å². The third-order valence-electron chi connectivity index (χ3n) is 4.16. The standard InChI is InChI=1S/C16H24BrClN2O/c1-12(15-6-5-13(17)10-16(15)18)20(8-9-21-2)11-14-4-3-7-19-14/h5-6,10,12,14,19H,3-4,7-9,11H2,1-2H3. The molecule has 2 atom stereocenters. The third kappa shape index (κ3) is 4.93. The minimum absolute atomic E-state index is 0.281. The van der Waals surface area contributed by atoms with Gasteiger partial charge < -0.3 is 10.1 Å². The summed E-state index contributed by atoms with van der Waals surface area (Å²) in [4.78, 5) is 2.46. The van der Waals surface area contributed by atoms with E-state index in [0.29, 0.717) is 6.04 Å². The number of halogens is 2. The SMILES string of the molecule is COCCN(CC1CCCN1)C(C)c1ccc(Br)cc1Cl. The van der Waals surface area contributed by atoms with Crippen LogP contribution in [0.3, 0.4) is 0 Å². The summed E-state index contributed by atoms with van der Waals surface area (Å²) in [6.07, 6.45) is 2.53. The van der Waals surface area contributed by atoms with E-state index >= 15 is 0 Å². The molecule has 0 aromatic heterocycles. The number of hydrogen-bond acceptors (Lipinski definition) is 3. The molecule has 1 aliphatic rings. The van der Waals surface area contributed by atoms with E-state index in [2.05, 4.69) is 45.2 Å². The van der Waals surface area contributed by atoms with Gasteiger partial charge in [0.05, 0.1) is 6.61 Å². The lowest BCUT2D eigenvalue weighted by Gasteiger charge is -2.32. The lowest BCUT2D eigenvalue weighted by atomic mass is 10.1. The van der Waals surface area contributed by atoms with Crippen molar-refractivity contribution in [3.8, 4) is 0 Å². The fourth-order valence-corrected chi connectivity index (χ4v) is 3.72. The number of benzene rings is 1. The maximum Gasteiger partial charge on any atom is 0.0589 e. The maximum absolute atomic E-state index is 6.42. The molecule has 0 aliphatic carbocycles. The fraction of sp³-hybridized carbons (Fsp3) is 0.625. The van der Waals surface area contributed by atoms with Crippen LogP contribution >= 0.6 is 27.5 Å². The van der Waals surface area contributed by atoms with Gasteiger partial charge in [-0.25, -0.2) is 0 Å². The van der Waals surface area contributed by atoms with Crippen LogP contribution in [0.1, 0.15) is 31.4 Å². The summed E-state index contributed by atoms with van der Waals surface area (Å²) in [5, 5.41) is 4.39. The molecule has 118 valence electrons. The molecule has 21 heavy (non-hydrogen) atoms. The summed E-state index contributed by atoms with van der Waals surface area (Å²) in [5.41, 5.74) is 1.17. The van der Waals surface area contributed by atoms with Gasteiger partial charge >= 0.3 is 0 Å². The first-order valence-electron chi connectivity index (χ1n) is 7.53. The van der Waals surface area contributed by atoms with Crippen molar-refractivity contribution in [1.82, 2.24) is 10.2 Å². The molecule has 3 nitrogen and oxygen atoms in total. The predicted octanol–water partition coefficient (Wildman–Crippen LogP) is 3.86. The molecular formula is C16H24BrClN2O. The minimum Gasteiger partial charge on any atom is -0.383 e. The molecule has 1 aliphatic heterocycles. The van der Waals surface area contributed by atoms with Gasteiger partial charge in [-0.2, -0.15) is 0 Å². The highest BCUT2D eigenvalue weighted by atomic mass is 79.9. The van der Waals surface area contributed by atoms with Crippen LogP contribution in [-0.4, -0.2) is 44.3 Å². The van der Waals surface area contributed by atoms with Gasteiger partial charge in [-0.15, -0.1) is 0 Å². The second-order valence-corrected chi connectivity index (χ2v) is 6.95. The average molecular weight is 376 g/mol. The zero-order chi connectivity index (χ0) is 15.2. The van der Waals surface area contributed by atoms with Crippen LogP contribution in [0.5, 0.6) is 0 Å². The number of methoxy groups -OCH3 is 1. The quantitative estimate of drug-likeness (QED) is 0.783. The van der Waals surface area contributed by atoms with E-state index in [0.717, 1.165) is 35.7 Å². The second-order valence-electron chi connectivity index (χ2n) is 5.62. The van der Waals surface area contributed by atoms with Crippen LogP contribution in [0.2, 0.25) is 5.02 Å². The van der Waals surface area contributed by atoms with Crippen molar-refractivity contribution < 1.29 is 4.74 Å². The molecule has 1 aromatic carbocycles. The Balaban J connectivity index is 2.09. The first kappa shape index (κ1) is 17.2. The van der Waals surface area contributed by atoms with Crippen LogP contribution in [0.25, 0.3) is 0 Å². The molecular weight excluding hydrogens is 352 g/mol. The van der Waals surface area contributed by atoms with Crippen molar-refractivity contribution in [2.45, 2.75) is 31.8 Å². The minimum atomic E-state index is 0.281. The van der Waals surface area contributed by atoms with E-state index in [1.165, 1.54) is 18.4 Å². The highest BCUT2D eigenvalue weighted by Crippen LogP contribution is 2.30. The molecule has 2 unspecified atom stereocenters.